The van der Waals surface area contributed by atoms with Gasteiger partial charge in [-0.3, -0.25) is 14.3 Å². The van der Waals surface area contributed by atoms with Gasteiger partial charge in [-0.1, -0.05) is 0 Å². The highest BCUT2D eigenvalue weighted by atomic mass is 16.3. The van der Waals surface area contributed by atoms with E-state index in [-0.39, 0.29) is 6.61 Å². The standard InChI is InChI=1S/C19H31N5O/c1-14(2)24-16(4)18(15(3)20-24)13-22-8-5-6-17(12-22)19-7-9-23(21-19)10-11-25/h7,9,14,17,25H,5-6,8,10-13H2,1-4H3/t17-/m0/s1. The first-order valence-corrected chi connectivity index (χ1v) is 9.40. The number of nitrogens with zero attached hydrogens (tertiary/aromatic N) is 5. The van der Waals surface area contributed by atoms with E-state index >= 15 is 0 Å². The summed E-state index contributed by atoms with van der Waals surface area (Å²) in [6.07, 6.45) is 4.37. The molecule has 1 atom stereocenters. The molecule has 1 aliphatic heterocycles. The summed E-state index contributed by atoms with van der Waals surface area (Å²) in [4.78, 5) is 2.54. The fraction of sp³-hybridized carbons (Fsp3) is 0.684. The number of hydrogen-bond donors (Lipinski definition) is 1. The molecular formula is C19H31N5O. The summed E-state index contributed by atoms with van der Waals surface area (Å²) in [6.45, 7) is 12.5. The molecule has 0 aromatic carbocycles. The Morgan fingerprint density at radius 3 is 2.76 bits per heavy atom. The molecule has 3 rings (SSSR count). The summed E-state index contributed by atoms with van der Waals surface area (Å²) in [5.41, 5.74) is 4.98. The van der Waals surface area contributed by atoms with Crippen LogP contribution in [0.4, 0.5) is 0 Å². The first-order valence-electron chi connectivity index (χ1n) is 9.40. The Labute approximate surface area is 150 Å². The molecule has 0 unspecified atom stereocenters. The van der Waals surface area contributed by atoms with Crippen LogP contribution in [0, 0.1) is 13.8 Å². The third kappa shape index (κ3) is 3.96. The SMILES string of the molecule is Cc1nn(C(C)C)c(C)c1CN1CCC[C@H](c2ccn(CCO)n2)C1. The van der Waals surface area contributed by atoms with Crippen molar-refractivity contribution in [3.05, 3.63) is 34.9 Å². The predicted octanol–water partition coefficient (Wildman–Crippen LogP) is 2.65. The summed E-state index contributed by atoms with van der Waals surface area (Å²) in [5, 5.41) is 18.4. The second-order valence-corrected chi connectivity index (χ2v) is 7.49. The van der Waals surface area contributed by atoms with Gasteiger partial charge in [0, 0.05) is 42.5 Å². The zero-order valence-corrected chi connectivity index (χ0v) is 15.9. The minimum atomic E-state index is 0.135. The largest absolute Gasteiger partial charge is 0.394 e. The third-order valence-electron chi connectivity index (χ3n) is 5.26. The van der Waals surface area contributed by atoms with E-state index < -0.39 is 0 Å². The van der Waals surface area contributed by atoms with Gasteiger partial charge in [0.1, 0.15) is 0 Å². The van der Waals surface area contributed by atoms with Crippen LogP contribution in [0.1, 0.15) is 61.3 Å². The molecule has 6 heteroatoms. The van der Waals surface area contributed by atoms with E-state index in [1.54, 1.807) is 0 Å². The topological polar surface area (TPSA) is 59.1 Å². The molecule has 2 aromatic heterocycles. The first-order chi connectivity index (χ1) is 12.0. The summed E-state index contributed by atoms with van der Waals surface area (Å²) in [7, 11) is 0. The van der Waals surface area contributed by atoms with Crippen molar-refractivity contribution >= 4 is 0 Å². The molecule has 2 aromatic rings. The van der Waals surface area contributed by atoms with E-state index in [1.165, 1.54) is 24.1 Å². The van der Waals surface area contributed by atoms with Crippen LogP contribution in [0.3, 0.4) is 0 Å². The molecule has 1 aliphatic rings. The molecule has 0 aliphatic carbocycles. The van der Waals surface area contributed by atoms with Gasteiger partial charge in [-0.05, 0) is 53.1 Å². The van der Waals surface area contributed by atoms with Gasteiger partial charge < -0.3 is 5.11 Å². The number of hydrogen-bond acceptors (Lipinski definition) is 4. The summed E-state index contributed by atoms with van der Waals surface area (Å²) < 4.78 is 3.98. The van der Waals surface area contributed by atoms with E-state index in [2.05, 4.69) is 48.4 Å². The highest BCUT2D eigenvalue weighted by molar-refractivity contribution is 5.25. The van der Waals surface area contributed by atoms with Crippen molar-refractivity contribution in [2.24, 2.45) is 0 Å². The third-order valence-corrected chi connectivity index (χ3v) is 5.26. The van der Waals surface area contributed by atoms with Gasteiger partial charge in [0.25, 0.3) is 0 Å². The van der Waals surface area contributed by atoms with Crippen molar-refractivity contribution in [2.75, 3.05) is 19.7 Å². The van der Waals surface area contributed by atoms with Crippen LogP contribution < -0.4 is 0 Å². The Morgan fingerprint density at radius 2 is 2.08 bits per heavy atom. The van der Waals surface area contributed by atoms with Gasteiger partial charge in [0.2, 0.25) is 0 Å². The molecule has 0 spiro atoms. The normalized spacial score (nSPS) is 19.0. The fourth-order valence-electron chi connectivity index (χ4n) is 3.91. The van der Waals surface area contributed by atoms with Crippen molar-refractivity contribution in [3.63, 3.8) is 0 Å². The lowest BCUT2D eigenvalue weighted by Crippen LogP contribution is -2.34. The molecule has 0 radical (unpaired) electrons. The maximum absolute atomic E-state index is 9.06. The highest BCUT2D eigenvalue weighted by Crippen LogP contribution is 2.28. The average molecular weight is 345 g/mol. The quantitative estimate of drug-likeness (QED) is 0.874. The molecule has 0 bridgehead atoms. The minimum absolute atomic E-state index is 0.135. The summed E-state index contributed by atoms with van der Waals surface area (Å²) >= 11 is 0. The summed E-state index contributed by atoms with van der Waals surface area (Å²) in [6, 6.07) is 2.51. The fourth-order valence-corrected chi connectivity index (χ4v) is 3.91. The van der Waals surface area contributed by atoms with Crippen molar-refractivity contribution in [1.29, 1.82) is 0 Å². The van der Waals surface area contributed by atoms with E-state index in [4.69, 9.17) is 10.2 Å². The van der Waals surface area contributed by atoms with E-state index in [0.29, 0.717) is 18.5 Å². The van der Waals surface area contributed by atoms with Crippen LogP contribution in [0.2, 0.25) is 0 Å². The molecule has 6 nitrogen and oxygen atoms in total. The maximum Gasteiger partial charge on any atom is 0.0668 e. The molecule has 0 amide bonds. The van der Waals surface area contributed by atoms with E-state index in [0.717, 1.165) is 31.0 Å². The Hall–Kier alpha value is -1.66. The molecular weight excluding hydrogens is 314 g/mol. The van der Waals surface area contributed by atoms with Crippen LogP contribution in [0.15, 0.2) is 12.3 Å². The minimum Gasteiger partial charge on any atom is -0.394 e. The van der Waals surface area contributed by atoms with Crippen LogP contribution in [0.25, 0.3) is 0 Å². The highest BCUT2D eigenvalue weighted by Gasteiger charge is 2.25. The Balaban J connectivity index is 1.69. The number of likely N-dealkylation sites (tertiary alicyclic amines) is 1. The van der Waals surface area contributed by atoms with Gasteiger partial charge in [0.15, 0.2) is 0 Å². The Kier molecular flexibility index (Phi) is 5.59. The van der Waals surface area contributed by atoms with Crippen LogP contribution in [0.5, 0.6) is 0 Å². The lowest BCUT2D eigenvalue weighted by molar-refractivity contribution is 0.197. The maximum atomic E-state index is 9.06. The van der Waals surface area contributed by atoms with Gasteiger partial charge in [0.05, 0.1) is 24.5 Å². The van der Waals surface area contributed by atoms with Crippen molar-refractivity contribution in [3.8, 4) is 0 Å². The molecule has 0 saturated carbocycles. The predicted molar refractivity (Wildman–Crippen MR) is 98.7 cm³/mol. The number of rotatable bonds is 6. The van der Waals surface area contributed by atoms with E-state index in [1.807, 2.05) is 10.9 Å². The van der Waals surface area contributed by atoms with E-state index in [9.17, 15) is 0 Å². The summed E-state index contributed by atoms with van der Waals surface area (Å²) in [5.74, 6) is 0.481. The molecule has 138 valence electrons. The first kappa shape index (κ1) is 18.1. The molecule has 25 heavy (non-hydrogen) atoms. The number of aromatic nitrogens is 4. The number of aryl methyl sites for hydroxylation is 1. The average Bonchev–Trinajstić information content (AvgIpc) is 3.15. The second kappa shape index (κ2) is 7.70. The lowest BCUT2D eigenvalue weighted by Gasteiger charge is -2.32. The molecule has 3 heterocycles. The molecule has 1 fully saturated rings. The van der Waals surface area contributed by atoms with Gasteiger partial charge in [-0.2, -0.15) is 10.2 Å². The van der Waals surface area contributed by atoms with Gasteiger partial charge in [-0.15, -0.1) is 0 Å². The second-order valence-electron chi connectivity index (χ2n) is 7.49. The zero-order chi connectivity index (χ0) is 18.0. The van der Waals surface area contributed by atoms with Gasteiger partial charge >= 0.3 is 0 Å². The van der Waals surface area contributed by atoms with Crippen LogP contribution >= 0.6 is 0 Å². The number of aliphatic hydroxyl groups excluding tert-OH is 1. The van der Waals surface area contributed by atoms with Crippen molar-refractivity contribution in [1.82, 2.24) is 24.5 Å². The number of aliphatic hydroxyl groups is 1. The molecule has 1 N–H and O–H groups in total. The molecule has 1 saturated heterocycles. The zero-order valence-electron chi connectivity index (χ0n) is 15.9. The van der Waals surface area contributed by atoms with Crippen molar-refractivity contribution in [2.45, 2.75) is 65.6 Å². The Bertz CT molecular complexity index is 703. The van der Waals surface area contributed by atoms with Crippen LogP contribution in [-0.4, -0.2) is 49.3 Å². The monoisotopic (exact) mass is 345 g/mol. The smallest absolute Gasteiger partial charge is 0.0668 e. The lowest BCUT2D eigenvalue weighted by atomic mass is 9.94. The van der Waals surface area contributed by atoms with Crippen molar-refractivity contribution < 1.29 is 5.11 Å². The van der Waals surface area contributed by atoms with Crippen LogP contribution in [-0.2, 0) is 13.1 Å². The Morgan fingerprint density at radius 1 is 1.28 bits per heavy atom. The van der Waals surface area contributed by atoms with Gasteiger partial charge in [-0.25, -0.2) is 0 Å². The number of piperidine rings is 1.